The highest BCUT2D eigenvalue weighted by Crippen LogP contribution is 2.22. The number of nitrogens with zero attached hydrogens (tertiary/aromatic N) is 2. The lowest BCUT2D eigenvalue weighted by atomic mass is 10.1. The second-order valence-electron chi connectivity index (χ2n) is 4.75. The number of aromatic nitrogens is 1. The highest BCUT2D eigenvalue weighted by atomic mass is 16.5. The van der Waals surface area contributed by atoms with E-state index in [0.29, 0.717) is 19.3 Å². The standard InChI is InChI=1S/C14H23N3O2/c1-2-18-7-8-19-14-9-13(10-16-11-14)17-5-3-12(15)4-6-17/h9-12H,2-8,15H2,1H3. The molecular formula is C14H23N3O2. The third-order valence-electron chi connectivity index (χ3n) is 3.30. The summed E-state index contributed by atoms with van der Waals surface area (Å²) in [6.45, 7) is 5.85. The van der Waals surface area contributed by atoms with E-state index in [4.69, 9.17) is 15.2 Å². The molecule has 0 saturated carbocycles. The average molecular weight is 265 g/mol. The van der Waals surface area contributed by atoms with Crippen LogP contribution in [0.3, 0.4) is 0 Å². The maximum absolute atomic E-state index is 5.92. The number of piperidine rings is 1. The van der Waals surface area contributed by atoms with Crippen LogP contribution in [-0.2, 0) is 4.74 Å². The molecule has 0 spiro atoms. The van der Waals surface area contributed by atoms with Gasteiger partial charge in [-0.05, 0) is 19.8 Å². The van der Waals surface area contributed by atoms with E-state index in [1.165, 1.54) is 0 Å². The van der Waals surface area contributed by atoms with Gasteiger partial charge >= 0.3 is 0 Å². The summed E-state index contributed by atoms with van der Waals surface area (Å²) >= 11 is 0. The number of hydrogen-bond acceptors (Lipinski definition) is 5. The average Bonchev–Trinajstić information content (AvgIpc) is 2.45. The van der Waals surface area contributed by atoms with E-state index in [-0.39, 0.29) is 0 Å². The van der Waals surface area contributed by atoms with Crippen molar-refractivity contribution in [3.8, 4) is 5.75 Å². The molecule has 0 aromatic carbocycles. The number of hydrogen-bond donors (Lipinski definition) is 1. The lowest BCUT2D eigenvalue weighted by Gasteiger charge is -2.31. The third-order valence-corrected chi connectivity index (χ3v) is 3.30. The van der Waals surface area contributed by atoms with Gasteiger partial charge in [-0.15, -0.1) is 0 Å². The Labute approximate surface area is 114 Å². The van der Waals surface area contributed by atoms with Gasteiger partial charge in [0, 0.05) is 31.8 Å². The van der Waals surface area contributed by atoms with Gasteiger partial charge in [0.25, 0.3) is 0 Å². The quantitative estimate of drug-likeness (QED) is 0.788. The Morgan fingerprint density at radius 1 is 1.32 bits per heavy atom. The van der Waals surface area contributed by atoms with Crippen molar-refractivity contribution in [1.29, 1.82) is 0 Å². The van der Waals surface area contributed by atoms with Crippen LogP contribution >= 0.6 is 0 Å². The molecule has 2 N–H and O–H groups in total. The first-order valence-corrected chi connectivity index (χ1v) is 6.95. The van der Waals surface area contributed by atoms with E-state index in [2.05, 4.69) is 9.88 Å². The van der Waals surface area contributed by atoms with Gasteiger partial charge < -0.3 is 20.1 Å². The summed E-state index contributed by atoms with van der Waals surface area (Å²) in [5.41, 5.74) is 7.03. The molecule has 106 valence electrons. The minimum absolute atomic E-state index is 0.342. The molecule has 0 bridgehead atoms. The number of ether oxygens (including phenoxy) is 2. The summed E-state index contributed by atoms with van der Waals surface area (Å²) in [6, 6.07) is 2.38. The van der Waals surface area contributed by atoms with Gasteiger partial charge in [0.05, 0.1) is 24.7 Å². The summed E-state index contributed by atoms with van der Waals surface area (Å²) in [6.07, 6.45) is 5.70. The zero-order valence-corrected chi connectivity index (χ0v) is 11.5. The van der Waals surface area contributed by atoms with Crippen LogP contribution in [-0.4, -0.2) is 43.9 Å². The molecule has 5 heteroatoms. The first-order valence-electron chi connectivity index (χ1n) is 6.95. The van der Waals surface area contributed by atoms with E-state index in [9.17, 15) is 0 Å². The molecule has 2 heterocycles. The molecule has 5 nitrogen and oxygen atoms in total. The van der Waals surface area contributed by atoms with Gasteiger partial charge in [0.15, 0.2) is 0 Å². The summed E-state index contributed by atoms with van der Waals surface area (Å²) in [7, 11) is 0. The van der Waals surface area contributed by atoms with Gasteiger partial charge in [0.2, 0.25) is 0 Å². The van der Waals surface area contributed by atoms with E-state index in [1.54, 1.807) is 6.20 Å². The molecule has 1 aliphatic rings. The number of nitrogens with two attached hydrogens (primary N) is 1. The fraction of sp³-hybridized carbons (Fsp3) is 0.643. The van der Waals surface area contributed by atoms with Crippen LogP contribution in [0.15, 0.2) is 18.5 Å². The van der Waals surface area contributed by atoms with E-state index >= 15 is 0 Å². The van der Waals surface area contributed by atoms with Crippen LogP contribution < -0.4 is 15.4 Å². The van der Waals surface area contributed by atoms with Crippen molar-refractivity contribution in [3.05, 3.63) is 18.5 Å². The first kappa shape index (κ1) is 14.1. The zero-order valence-electron chi connectivity index (χ0n) is 11.5. The van der Waals surface area contributed by atoms with Crippen molar-refractivity contribution in [3.63, 3.8) is 0 Å². The van der Waals surface area contributed by atoms with Crippen LogP contribution in [0.2, 0.25) is 0 Å². The molecule has 1 aliphatic heterocycles. The molecule has 2 rings (SSSR count). The summed E-state index contributed by atoms with van der Waals surface area (Å²) in [5.74, 6) is 0.798. The van der Waals surface area contributed by atoms with E-state index in [0.717, 1.165) is 44.0 Å². The Kier molecular flexibility index (Phi) is 5.42. The normalized spacial score (nSPS) is 16.6. The molecule has 19 heavy (non-hydrogen) atoms. The van der Waals surface area contributed by atoms with Crippen molar-refractivity contribution < 1.29 is 9.47 Å². The monoisotopic (exact) mass is 265 g/mol. The maximum atomic E-state index is 5.92. The highest BCUT2D eigenvalue weighted by Gasteiger charge is 2.16. The van der Waals surface area contributed by atoms with Crippen molar-refractivity contribution in [1.82, 2.24) is 4.98 Å². The van der Waals surface area contributed by atoms with E-state index < -0.39 is 0 Å². The first-order chi connectivity index (χ1) is 9.29. The summed E-state index contributed by atoms with van der Waals surface area (Å²) in [5, 5.41) is 0. The lowest BCUT2D eigenvalue weighted by Crippen LogP contribution is -2.39. The predicted octanol–water partition coefficient (Wildman–Crippen LogP) is 1.42. The number of anilines is 1. The van der Waals surface area contributed by atoms with Gasteiger partial charge in [-0.25, -0.2) is 0 Å². The Balaban J connectivity index is 1.87. The van der Waals surface area contributed by atoms with Crippen LogP contribution in [0.25, 0.3) is 0 Å². The molecule has 1 aromatic heterocycles. The largest absolute Gasteiger partial charge is 0.489 e. The van der Waals surface area contributed by atoms with Crippen molar-refractivity contribution >= 4 is 5.69 Å². The molecule has 1 saturated heterocycles. The molecule has 0 unspecified atom stereocenters. The number of pyridine rings is 1. The third kappa shape index (κ3) is 4.36. The maximum Gasteiger partial charge on any atom is 0.139 e. The molecule has 0 atom stereocenters. The fourth-order valence-corrected chi connectivity index (χ4v) is 2.18. The number of rotatable bonds is 6. The Hall–Kier alpha value is -1.33. The Bertz CT molecular complexity index is 379. The predicted molar refractivity (Wildman–Crippen MR) is 75.6 cm³/mol. The summed E-state index contributed by atoms with van der Waals surface area (Å²) in [4.78, 5) is 6.55. The van der Waals surface area contributed by atoms with Crippen LogP contribution in [0.4, 0.5) is 5.69 Å². The van der Waals surface area contributed by atoms with Gasteiger partial charge in [0.1, 0.15) is 12.4 Å². The zero-order chi connectivity index (χ0) is 13.5. The van der Waals surface area contributed by atoms with Crippen molar-refractivity contribution in [2.75, 3.05) is 37.8 Å². The van der Waals surface area contributed by atoms with Crippen molar-refractivity contribution in [2.45, 2.75) is 25.8 Å². The molecule has 0 amide bonds. The Morgan fingerprint density at radius 2 is 2.11 bits per heavy atom. The molecule has 0 aliphatic carbocycles. The minimum Gasteiger partial charge on any atom is -0.489 e. The van der Waals surface area contributed by atoms with E-state index in [1.807, 2.05) is 19.2 Å². The summed E-state index contributed by atoms with van der Waals surface area (Å²) < 4.78 is 10.9. The second-order valence-corrected chi connectivity index (χ2v) is 4.75. The van der Waals surface area contributed by atoms with Crippen LogP contribution in [0.1, 0.15) is 19.8 Å². The highest BCUT2D eigenvalue weighted by molar-refractivity contribution is 5.48. The molecule has 1 aromatic rings. The molecule has 0 radical (unpaired) electrons. The molecule has 1 fully saturated rings. The van der Waals surface area contributed by atoms with Crippen LogP contribution in [0.5, 0.6) is 5.75 Å². The van der Waals surface area contributed by atoms with Crippen LogP contribution in [0, 0.1) is 0 Å². The lowest BCUT2D eigenvalue weighted by molar-refractivity contribution is 0.110. The van der Waals surface area contributed by atoms with Gasteiger partial charge in [-0.1, -0.05) is 0 Å². The minimum atomic E-state index is 0.342. The van der Waals surface area contributed by atoms with Crippen molar-refractivity contribution in [2.24, 2.45) is 5.73 Å². The van der Waals surface area contributed by atoms with Gasteiger partial charge in [-0.3, -0.25) is 4.98 Å². The van der Waals surface area contributed by atoms with Gasteiger partial charge in [-0.2, -0.15) is 0 Å². The smallest absolute Gasteiger partial charge is 0.139 e. The topological polar surface area (TPSA) is 60.6 Å². The Morgan fingerprint density at radius 3 is 2.84 bits per heavy atom. The molecular weight excluding hydrogens is 242 g/mol. The second kappa shape index (κ2) is 7.31. The SMILES string of the molecule is CCOCCOc1cncc(N2CCC(N)CC2)c1. The fourth-order valence-electron chi connectivity index (χ4n) is 2.18.